The summed E-state index contributed by atoms with van der Waals surface area (Å²) >= 11 is 0. The van der Waals surface area contributed by atoms with Crippen molar-refractivity contribution in [2.75, 3.05) is 25.2 Å². The largest absolute Gasteiger partial charge is 0.488 e. The normalized spacial score (nSPS) is 18.1. The van der Waals surface area contributed by atoms with Gasteiger partial charge in [-0.15, -0.1) is 0 Å². The van der Waals surface area contributed by atoms with Gasteiger partial charge in [-0.05, 0) is 30.7 Å². The van der Waals surface area contributed by atoms with Crippen LogP contribution < -0.4 is 4.74 Å². The van der Waals surface area contributed by atoms with Crippen LogP contribution in [0.1, 0.15) is 30.2 Å². The molecule has 0 unspecified atom stereocenters. The summed E-state index contributed by atoms with van der Waals surface area (Å²) in [5.41, 5.74) is 4.01. The van der Waals surface area contributed by atoms with Crippen LogP contribution in [-0.2, 0) is 20.9 Å². The van der Waals surface area contributed by atoms with Gasteiger partial charge in [0.1, 0.15) is 24.0 Å². The Hall–Kier alpha value is -2.58. The Balaban J connectivity index is 1.73. The van der Waals surface area contributed by atoms with Gasteiger partial charge in [-0.3, -0.25) is 0 Å². The Morgan fingerprint density at radius 1 is 1.29 bits per heavy atom. The van der Waals surface area contributed by atoms with Gasteiger partial charge in [-0.25, -0.2) is 18.6 Å². The summed E-state index contributed by atoms with van der Waals surface area (Å²) in [6.07, 6.45) is 4.35. The van der Waals surface area contributed by atoms with Gasteiger partial charge in [0, 0.05) is 51.6 Å². The van der Waals surface area contributed by atoms with Gasteiger partial charge in [0.05, 0.1) is 30.1 Å². The molecule has 6 nitrogen and oxygen atoms in total. The highest BCUT2D eigenvalue weighted by molar-refractivity contribution is 7.93. The summed E-state index contributed by atoms with van der Waals surface area (Å²) in [6, 6.07) is 8.34. The van der Waals surface area contributed by atoms with E-state index in [1.54, 1.807) is 12.3 Å². The molecule has 0 amide bonds. The van der Waals surface area contributed by atoms with E-state index in [9.17, 15) is 8.60 Å². The number of hydrogen-bond acceptors (Lipinski definition) is 6. The summed E-state index contributed by atoms with van der Waals surface area (Å²) in [4.78, 5) is 8.92. The smallest absolute Gasteiger partial charge is 0.126 e. The first kappa shape index (κ1) is 21.6. The molecule has 4 rings (SSSR count). The second-order valence-electron chi connectivity index (χ2n) is 7.85. The maximum atomic E-state index is 13.9. The van der Waals surface area contributed by atoms with Crippen LogP contribution in [0.15, 0.2) is 41.0 Å². The number of ether oxygens (including phenoxy) is 2. The third-order valence-corrected chi connectivity index (χ3v) is 7.07. The molecule has 1 aliphatic heterocycles. The molecule has 3 aromatic rings. The third kappa shape index (κ3) is 5.02. The summed E-state index contributed by atoms with van der Waals surface area (Å²) in [5.74, 6) is 0.658. The van der Waals surface area contributed by atoms with E-state index in [-0.39, 0.29) is 11.9 Å². The highest BCUT2D eigenvalue weighted by Crippen LogP contribution is 2.30. The highest BCUT2D eigenvalue weighted by atomic mass is 32.2. The molecule has 8 heteroatoms. The lowest BCUT2D eigenvalue weighted by molar-refractivity contribution is 0.140. The zero-order chi connectivity index (χ0) is 22.0. The van der Waals surface area contributed by atoms with Crippen LogP contribution in [0.3, 0.4) is 0 Å². The van der Waals surface area contributed by atoms with Crippen LogP contribution in [-0.4, -0.2) is 45.5 Å². The summed E-state index contributed by atoms with van der Waals surface area (Å²) in [7, 11) is -2.27. The summed E-state index contributed by atoms with van der Waals surface area (Å²) in [5, 5.41) is 0.917. The predicted molar refractivity (Wildman–Crippen MR) is 120 cm³/mol. The van der Waals surface area contributed by atoms with Crippen molar-refractivity contribution in [3.8, 4) is 5.75 Å². The number of hydrogen-bond donors (Lipinski definition) is 0. The quantitative estimate of drug-likeness (QED) is 0.557. The first-order valence-corrected chi connectivity index (χ1v) is 12.4. The molecule has 2 heterocycles. The molecular formula is C23H26FN3O3S. The monoisotopic (exact) mass is 443 g/mol. The number of fused-ring (bicyclic) bond motifs is 1. The molecule has 0 saturated carbocycles. The molecule has 31 heavy (non-hydrogen) atoms. The number of halogens is 1. The van der Waals surface area contributed by atoms with E-state index >= 15 is 0 Å². The van der Waals surface area contributed by atoms with Crippen molar-refractivity contribution in [1.29, 1.82) is 0 Å². The standard InChI is InChI=1S/C23H26FN3O3S/c1-4-31(3,28)27-18-9-15(2)23-20(25-14-26-21(23)12-18)10-16-5-6-17(24)11-22(16)30-19-7-8-29-13-19/h5-6,9,11-12,14,19H,4,7-8,10,13H2,1-3H3/t19-,31+/m0/s1. The fraction of sp³-hybridized carbons (Fsp3) is 0.391. The summed E-state index contributed by atoms with van der Waals surface area (Å²) < 4.78 is 42.2. The zero-order valence-electron chi connectivity index (χ0n) is 17.9. The fourth-order valence-corrected chi connectivity index (χ4v) is 4.36. The van der Waals surface area contributed by atoms with Gasteiger partial charge in [0.25, 0.3) is 0 Å². The molecule has 1 aliphatic rings. The Labute approximate surface area is 182 Å². The lowest BCUT2D eigenvalue weighted by Crippen LogP contribution is -2.17. The number of rotatable bonds is 6. The lowest BCUT2D eigenvalue weighted by atomic mass is 10.0. The van der Waals surface area contributed by atoms with E-state index < -0.39 is 9.73 Å². The predicted octanol–water partition coefficient (Wildman–Crippen LogP) is 4.59. The molecule has 2 aromatic carbocycles. The molecule has 1 fully saturated rings. The highest BCUT2D eigenvalue weighted by Gasteiger charge is 2.20. The van der Waals surface area contributed by atoms with Crippen molar-refractivity contribution in [3.63, 3.8) is 0 Å². The minimum Gasteiger partial charge on any atom is -0.488 e. The second-order valence-corrected chi connectivity index (χ2v) is 10.5. The average molecular weight is 444 g/mol. The molecule has 0 aliphatic carbocycles. The molecule has 0 radical (unpaired) electrons. The Morgan fingerprint density at radius 3 is 2.87 bits per heavy atom. The van der Waals surface area contributed by atoms with Gasteiger partial charge in [-0.2, -0.15) is 4.36 Å². The molecular weight excluding hydrogens is 417 g/mol. The van der Waals surface area contributed by atoms with E-state index in [4.69, 9.17) is 9.47 Å². The van der Waals surface area contributed by atoms with Crippen LogP contribution in [0.2, 0.25) is 0 Å². The van der Waals surface area contributed by atoms with Crippen molar-refractivity contribution < 1.29 is 18.1 Å². The van der Waals surface area contributed by atoms with Crippen LogP contribution in [0.4, 0.5) is 10.1 Å². The SMILES string of the molecule is CC[S@@](C)(=O)=Nc1cc(C)c2c(Cc3ccc(F)cc3O[C@H]3CCOC3)ncnc2c1. The van der Waals surface area contributed by atoms with Crippen molar-refractivity contribution in [2.24, 2.45) is 4.36 Å². The van der Waals surface area contributed by atoms with E-state index in [2.05, 4.69) is 14.3 Å². The fourth-order valence-electron chi connectivity index (χ4n) is 3.68. The first-order valence-electron chi connectivity index (χ1n) is 10.3. The number of benzene rings is 2. The van der Waals surface area contributed by atoms with E-state index in [0.29, 0.717) is 36.8 Å². The lowest BCUT2D eigenvalue weighted by Gasteiger charge is -2.16. The van der Waals surface area contributed by atoms with Crippen LogP contribution in [0.5, 0.6) is 5.75 Å². The maximum Gasteiger partial charge on any atom is 0.126 e. The molecule has 0 N–H and O–H groups in total. The van der Waals surface area contributed by atoms with Crippen molar-refractivity contribution in [1.82, 2.24) is 9.97 Å². The van der Waals surface area contributed by atoms with Gasteiger partial charge in [-0.1, -0.05) is 13.0 Å². The van der Waals surface area contributed by atoms with Crippen molar-refractivity contribution in [3.05, 3.63) is 59.3 Å². The van der Waals surface area contributed by atoms with Crippen molar-refractivity contribution >= 4 is 26.3 Å². The van der Waals surface area contributed by atoms with Gasteiger partial charge in [0.2, 0.25) is 0 Å². The topological polar surface area (TPSA) is 73.7 Å². The Morgan fingerprint density at radius 2 is 2.13 bits per heavy atom. The van der Waals surface area contributed by atoms with Crippen LogP contribution in [0, 0.1) is 12.7 Å². The average Bonchev–Trinajstić information content (AvgIpc) is 3.22. The van der Waals surface area contributed by atoms with E-state index in [0.717, 1.165) is 34.1 Å². The number of aryl methyl sites for hydroxylation is 1. The molecule has 0 bridgehead atoms. The Bertz CT molecular complexity index is 1230. The minimum absolute atomic E-state index is 0.0731. The first-order chi connectivity index (χ1) is 14.8. The molecule has 2 atom stereocenters. The molecule has 1 aromatic heterocycles. The van der Waals surface area contributed by atoms with Crippen LogP contribution >= 0.6 is 0 Å². The second kappa shape index (κ2) is 8.88. The van der Waals surface area contributed by atoms with Gasteiger partial charge in [0.15, 0.2) is 0 Å². The van der Waals surface area contributed by atoms with Gasteiger partial charge < -0.3 is 9.47 Å². The third-order valence-electron chi connectivity index (χ3n) is 5.40. The van der Waals surface area contributed by atoms with Crippen molar-refractivity contribution in [2.45, 2.75) is 32.8 Å². The summed E-state index contributed by atoms with van der Waals surface area (Å²) in [6.45, 7) is 4.99. The molecule has 0 spiro atoms. The van der Waals surface area contributed by atoms with Gasteiger partial charge >= 0.3 is 0 Å². The van der Waals surface area contributed by atoms with Crippen LogP contribution in [0.25, 0.3) is 10.9 Å². The number of nitrogens with zero attached hydrogens (tertiary/aromatic N) is 3. The van der Waals surface area contributed by atoms with E-state index in [1.165, 1.54) is 18.5 Å². The Kier molecular flexibility index (Phi) is 6.20. The molecule has 164 valence electrons. The number of aromatic nitrogens is 2. The molecule has 1 saturated heterocycles. The maximum absolute atomic E-state index is 13.9. The van der Waals surface area contributed by atoms with E-state index in [1.807, 2.05) is 26.0 Å². The zero-order valence-corrected chi connectivity index (χ0v) is 18.7. The minimum atomic E-state index is -2.27.